The van der Waals surface area contributed by atoms with Crippen LogP contribution in [-0.4, -0.2) is 47.8 Å². The Morgan fingerprint density at radius 3 is 2.81 bits per heavy atom. The Hall–Kier alpha value is -1.69. The summed E-state index contributed by atoms with van der Waals surface area (Å²) in [4.78, 5) is 14.1. The number of carbonyl (C=O) groups is 1. The Labute approximate surface area is 125 Å². The maximum absolute atomic E-state index is 11.7. The van der Waals surface area contributed by atoms with Crippen LogP contribution in [0.4, 0.5) is 5.82 Å². The second-order valence-electron chi connectivity index (χ2n) is 5.81. The molecule has 1 aromatic rings. The first-order valence-corrected chi connectivity index (χ1v) is 7.90. The van der Waals surface area contributed by atoms with Crippen LogP contribution in [0, 0.1) is 0 Å². The van der Waals surface area contributed by atoms with Gasteiger partial charge >= 0.3 is 0 Å². The summed E-state index contributed by atoms with van der Waals surface area (Å²) in [6.07, 6.45) is 4.94. The fourth-order valence-electron chi connectivity index (χ4n) is 2.82. The van der Waals surface area contributed by atoms with Crippen molar-refractivity contribution in [1.82, 2.24) is 20.8 Å². The van der Waals surface area contributed by atoms with Gasteiger partial charge in [-0.05, 0) is 51.3 Å². The molecule has 6 heteroatoms. The largest absolute Gasteiger partial charge is 0.351 e. The van der Waals surface area contributed by atoms with Crippen molar-refractivity contribution in [2.75, 3.05) is 24.5 Å². The van der Waals surface area contributed by atoms with E-state index in [1.54, 1.807) is 6.07 Å². The van der Waals surface area contributed by atoms with Gasteiger partial charge in [-0.3, -0.25) is 4.79 Å². The van der Waals surface area contributed by atoms with Crippen LogP contribution >= 0.6 is 0 Å². The zero-order valence-electron chi connectivity index (χ0n) is 12.5. The van der Waals surface area contributed by atoms with Crippen LogP contribution in [0.1, 0.15) is 43.1 Å². The minimum absolute atomic E-state index is 0.160. The highest BCUT2D eigenvalue weighted by Gasteiger charge is 2.32. The van der Waals surface area contributed by atoms with Gasteiger partial charge in [0, 0.05) is 25.2 Å². The van der Waals surface area contributed by atoms with E-state index >= 15 is 0 Å². The van der Waals surface area contributed by atoms with Gasteiger partial charge in [-0.15, -0.1) is 10.2 Å². The number of hydrogen-bond donors (Lipinski definition) is 2. The Bertz CT molecular complexity index is 479. The van der Waals surface area contributed by atoms with Gasteiger partial charge in [0.25, 0.3) is 5.91 Å². The molecule has 2 fully saturated rings. The summed E-state index contributed by atoms with van der Waals surface area (Å²) in [6, 6.07) is 4.84. The summed E-state index contributed by atoms with van der Waals surface area (Å²) in [5.41, 5.74) is 0.385. The molecule has 6 nitrogen and oxygen atoms in total. The van der Waals surface area contributed by atoms with E-state index in [0.717, 1.165) is 18.9 Å². The highest BCUT2D eigenvalue weighted by atomic mass is 16.1. The molecule has 2 N–H and O–H groups in total. The van der Waals surface area contributed by atoms with Crippen LogP contribution < -0.4 is 15.5 Å². The van der Waals surface area contributed by atoms with Gasteiger partial charge in [-0.2, -0.15) is 0 Å². The predicted octanol–water partition coefficient (Wildman–Crippen LogP) is 0.947. The first kappa shape index (κ1) is 14.3. The van der Waals surface area contributed by atoms with E-state index in [-0.39, 0.29) is 5.91 Å². The van der Waals surface area contributed by atoms with Crippen LogP contribution in [0.15, 0.2) is 12.1 Å². The molecule has 1 unspecified atom stereocenters. The molecule has 1 saturated carbocycles. The van der Waals surface area contributed by atoms with Gasteiger partial charge in [0.05, 0.1) is 0 Å². The molecule has 1 aromatic heterocycles. The Balaban J connectivity index is 1.69. The standard InChI is InChI=1S/C15H23N5O/c1-2-16-15(21)13-7-8-14(19-18-13)20(12-5-6-12)10-11-4-3-9-17-11/h7-8,11-12,17H,2-6,9-10H2,1H3,(H,16,21). The molecule has 1 aliphatic heterocycles. The lowest BCUT2D eigenvalue weighted by Gasteiger charge is -2.26. The summed E-state index contributed by atoms with van der Waals surface area (Å²) in [6.45, 7) is 4.60. The smallest absolute Gasteiger partial charge is 0.271 e. The predicted molar refractivity (Wildman–Crippen MR) is 81.4 cm³/mol. The summed E-state index contributed by atoms with van der Waals surface area (Å²) in [7, 11) is 0. The summed E-state index contributed by atoms with van der Waals surface area (Å²) in [5.74, 6) is 0.728. The molecular weight excluding hydrogens is 266 g/mol. The zero-order valence-corrected chi connectivity index (χ0v) is 12.5. The third-order valence-corrected chi connectivity index (χ3v) is 4.08. The van der Waals surface area contributed by atoms with E-state index in [1.807, 2.05) is 13.0 Å². The van der Waals surface area contributed by atoms with Crippen molar-refractivity contribution in [3.05, 3.63) is 17.8 Å². The van der Waals surface area contributed by atoms with E-state index in [1.165, 1.54) is 25.7 Å². The number of carbonyl (C=O) groups excluding carboxylic acids is 1. The van der Waals surface area contributed by atoms with Crippen molar-refractivity contribution in [2.24, 2.45) is 0 Å². The number of amides is 1. The number of rotatable bonds is 6. The van der Waals surface area contributed by atoms with Crippen molar-refractivity contribution in [3.63, 3.8) is 0 Å². The van der Waals surface area contributed by atoms with Crippen LogP contribution in [0.25, 0.3) is 0 Å². The number of anilines is 1. The van der Waals surface area contributed by atoms with Crippen molar-refractivity contribution in [3.8, 4) is 0 Å². The molecule has 0 aromatic carbocycles. The molecule has 3 rings (SSSR count). The second-order valence-corrected chi connectivity index (χ2v) is 5.81. The molecule has 1 saturated heterocycles. The first-order valence-electron chi connectivity index (χ1n) is 7.90. The molecule has 2 heterocycles. The molecule has 1 atom stereocenters. The van der Waals surface area contributed by atoms with Crippen LogP contribution in [-0.2, 0) is 0 Å². The quantitative estimate of drug-likeness (QED) is 0.816. The van der Waals surface area contributed by atoms with Gasteiger partial charge in [0.2, 0.25) is 0 Å². The average molecular weight is 289 g/mol. The van der Waals surface area contributed by atoms with Gasteiger partial charge < -0.3 is 15.5 Å². The van der Waals surface area contributed by atoms with Crippen molar-refractivity contribution >= 4 is 11.7 Å². The number of hydrogen-bond acceptors (Lipinski definition) is 5. The maximum atomic E-state index is 11.7. The fraction of sp³-hybridized carbons (Fsp3) is 0.667. The molecular formula is C15H23N5O. The van der Waals surface area contributed by atoms with Crippen molar-refractivity contribution in [2.45, 2.75) is 44.7 Å². The Morgan fingerprint density at radius 2 is 2.24 bits per heavy atom. The summed E-state index contributed by atoms with van der Waals surface area (Å²) in [5, 5.41) is 14.6. The van der Waals surface area contributed by atoms with Gasteiger partial charge in [-0.25, -0.2) is 0 Å². The number of aromatic nitrogens is 2. The molecule has 2 aliphatic rings. The molecule has 114 valence electrons. The molecule has 1 amide bonds. The van der Waals surface area contributed by atoms with E-state index in [0.29, 0.717) is 24.3 Å². The molecule has 1 aliphatic carbocycles. The molecule has 0 radical (unpaired) electrons. The number of nitrogens with zero attached hydrogens (tertiary/aromatic N) is 3. The lowest BCUT2D eigenvalue weighted by atomic mass is 10.2. The first-order chi connectivity index (χ1) is 10.3. The molecule has 0 spiro atoms. The highest BCUT2D eigenvalue weighted by molar-refractivity contribution is 5.92. The minimum Gasteiger partial charge on any atom is -0.351 e. The van der Waals surface area contributed by atoms with E-state index < -0.39 is 0 Å². The Morgan fingerprint density at radius 1 is 1.38 bits per heavy atom. The average Bonchev–Trinajstić information content (AvgIpc) is 3.22. The second kappa shape index (κ2) is 6.39. The molecule has 0 bridgehead atoms. The van der Waals surface area contributed by atoms with Crippen LogP contribution in [0.3, 0.4) is 0 Å². The van der Waals surface area contributed by atoms with Gasteiger partial charge in [0.1, 0.15) is 0 Å². The SMILES string of the molecule is CCNC(=O)c1ccc(N(CC2CCCN2)C2CC2)nn1. The lowest BCUT2D eigenvalue weighted by Crippen LogP contribution is -2.39. The fourth-order valence-corrected chi connectivity index (χ4v) is 2.82. The van der Waals surface area contributed by atoms with Crippen molar-refractivity contribution in [1.29, 1.82) is 0 Å². The van der Waals surface area contributed by atoms with Crippen molar-refractivity contribution < 1.29 is 4.79 Å². The van der Waals surface area contributed by atoms with E-state index in [9.17, 15) is 4.79 Å². The number of nitrogens with one attached hydrogen (secondary N) is 2. The van der Waals surface area contributed by atoms with Crippen LogP contribution in [0.2, 0.25) is 0 Å². The summed E-state index contributed by atoms with van der Waals surface area (Å²) < 4.78 is 0. The lowest BCUT2D eigenvalue weighted by molar-refractivity contribution is 0.0950. The van der Waals surface area contributed by atoms with Gasteiger partial charge in [-0.1, -0.05) is 0 Å². The monoisotopic (exact) mass is 289 g/mol. The van der Waals surface area contributed by atoms with E-state index in [4.69, 9.17) is 0 Å². The summed E-state index contributed by atoms with van der Waals surface area (Å²) >= 11 is 0. The third-order valence-electron chi connectivity index (χ3n) is 4.08. The van der Waals surface area contributed by atoms with E-state index in [2.05, 4.69) is 25.7 Å². The minimum atomic E-state index is -0.160. The van der Waals surface area contributed by atoms with Gasteiger partial charge in [0.15, 0.2) is 11.5 Å². The zero-order chi connectivity index (χ0) is 14.7. The third kappa shape index (κ3) is 3.50. The molecule has 21 heavy (non-hydrogen) atoms. The maximum Gasteiger partial charge on any atom is 0.271 e. The topological polar surface area (TPSA) is 70.2 Å². The Kier molecular flexibility index (Phi) is 4.34. The normalized spacial score (nSPS) is 21.3. The highest BCUT2D eigenvalue weighted by Crippen LogP contribution is 2.31. The van der Waals surface area contributed by atoms with Crippen LogP contribution in [0.5, 0.6) is 0 Å².